The monoisotopic (exact) mass is 666 g/mol. The van der Waals surface area contributed by atoms with Crippen LogP contribution in [0.3, 0.4) is 0 Å². The number of aliphatic hydroxyl groups is 3. The van der Waals surface area contributed by atoms with Gasteiger partial charge in [-0.25, -0.2) is 4.98 Å². The number of aryl methyl sites for hydroxylation is 1. The molecule has 0 aliphatic carbocycles. The van der Waals surface area contributed by atoms with Crippen LogP contribution >= 0.6 is 11.3 Å². The zero-order valence-electron chi connectivity index (χ0n) is 29.0. The molecule has 0 amide bonds. The first-order valence-electron chi connectivity index (χ1n) is 15.9. The van der Waals surface area contributed by atoms with Crippen molar-refractivity contribution in [3.63, 3.8) is 0 Å². The van der Waals surface area contributed by atoms with E-state index in [4.69, 9.17) is 44.0 Å². The first-order chi connectivity index (χ1) is 21.0. The van der Waals surface area contributed by atoms with E-state index in [0.29, 0.717) is 52.5 Å². The maximum Gasteiger partial charge on any atom is 0.121 e. The molecule has 13 heteroatoms. The molecular formula is C32H62N2O10S. The van der Waals surface area contributed by atoms with Gasteiger partial charge >= 0.3 is 0 Å². The third-order valence-electron chi connectivity index (χ3n) is 7.64. The molecule has 0 fully saturated rings. The van der Waals surface area contributed by atoms with Gasteiger partial charge in [0.05, 0.1) is 95.1 Å². The van der Waals surface area contributed by atoms with Crippen molar-refractivity contribution in [2.45, 2.75) is 104 Å². The Morgan fingerprint density at radius 1 is 0.733 bits per heavy atom. The Labute approximate surface area is 274 Å². The average molecular weight is 667 g/mol. The molecule has 45 heavy (non-hydrogen) atoms. The van der Waals surface area contributed by atoms with E-state index in [0.717, 1.165) is 12.1 Å². The van der Waals surface area contributed by atoms with E-state index in [2.05, 4.69) is 4.98 Å². The summed E-state index contributed by atoms with van der Waals surface area (Å²) in [6.07, 6.45) is 0.623. The molecule has 0 saturated carbocycles. The number of aromatic nitrogens is 1. The van der Waals surface area contributed by atoms with Crippen molar-refractivity contribution in [2.24, 2.45) is 11.1 Å². The van der Waals surface area contributed by atoms with Gasteiger partial charge in [0.15, 0.2) is 0 Å². The minimum absolute atomic E-state index is 0.0781. The van der Waals surface area contributed by atoms with Gasteiger partial charge in [-0.05, 0) is 54.4 Å². The molecule has 0 aromatic carbocycles. The Balaban J connectivity index is 2.23. The molecular weight excluding hydrogens is 604 g/mol. The summed E-state index contributed by atoms with van der Waals surface area (Å²) in [7, 11) is 0. The Morgan fingerprint density at radius 2 is 1.27 bits per heavy atom. The van der Waals surface area contributed by atoms with Crippen LogP contribution in [0.5, 0.6) is 0 Å². The maximum absolute atomic E-state index is 10.1. The molecule has 0 aliphatic heterocycles. The zero-order valence-corrected chi connectivity index (χ0v) is 29.8. The molecule has 3 atom stereocenters. The van der Waals surface area contributed by atoms with E-state index in [-0.39, 0.29) is 39.6 Å². The number of aliphatic hydroxyl groups excluding tert-OH is 3. The quantitative estimate of drug-likeness (QED) is 0.0765. The van der Waals surface area contributed by atoms with Crippen LogP contribution in [-0.2, 0) is 39.6 Å². The Bertz CT molecular complexity index is 897. The van der Waals surface area contributed by atoms with Gasteiger partial charge in [0.2, 0.25) is 0 Å². The molecule has 1 aromatic rings. The van der Waals surface area contributed by atoms with Gasteiger partial charge in [0.1, 0.15) is 17.9 Å². The fraction of sp³-hybridized carbons (Fsp3) is 0.906. The summed E-state index contributed by atoms with van der Waals surface area (Å²) < 4.78 is 40.2. The smallest absolute Gasteiger partial charge is 0.121 e. The van der Waals surface area contributed by atoms with Crippen molar-refractivity contribution in [1.82, 2.24) is 4.98 Å². The minimum Gasteiger partial charge on any atom is -0.394 e. The average Bonchev–Trinajstić information content (AvgIpc) is 3.36. The van der Waals surface area contributed by atoms with E-state index < -0.39 is 34.6 Å². The normalized spacial score (nSPS) is 15.7. The fourth-order valence-electron chi connectivity index (χ4n) is 3.83. The molecule has 0 radical (unpaired) electrons. The van der Waals surface area contributed by atoms with Crippen LogP contribution in [0.15, 0.2) is 5.51 Å². The second kappa shape index (κ2) is 21.2. The van der Waals surface area contributed by atoms with Gasteiger partial charge in [0.25, 0.3) is 0 Å². The minimum atomic E-state index is -0.949. The summed E-state index contributed by atoms with van der Waals surface area (Å²) >= 11 is 1.62. The van der Waals surface area contributed by atoms with Crippen LogP contribution in [0.1, 0.15) is 71.9 Å². The molecule has 0 saturated heterocycles. The van der Waals surface area contributed by atoms with Crippen LogP contribution in [0.2, 0.25) is 0 Å². The fourth-order valence-corrected chi connectivity index (χ4v) is 4.59. The predicted octanol–water partition coefficient (Wildman–Crippen LogP) is 2.86. The summed E-state index contributed by atoms with van der Waals surface area (Å²) in [5.41, 5.74) is 7.13. The summed E-state index contributed by atoms with van der Waals surface area (Å²) in [6.45, 7) is 19.2. The van der Waals surface area contributed by atoms with Gasteiger partial charge in [-0.15, -0.1) is 11.3 Å². The molecule has 0 spiro atoms. The Morgan fingerprint density at radius 3 is 1.84 bits per heavy atom. The lowest BCUT2D eigenvalue weighted by Gasteiger charge is -2.43. The highest BCUT2D eigenvalue weighted by Gasteiger charge is 2.40. The van der Waals surface area contributed by atoms with E-state index in [1.165, 1.54) is 4.88 Å². The molecule has 0 bridgehead atoms. The Hall–Kier alpha value is -0.810. The molecule has 1 aromatic heterocycles. The lowest BCUT2D eigenvalue weighted by Crippen LogP contribution is -2.55. The number of thiazole rings is 1. The van der Waals surface area contributed by atoms with Gasteiger partial charge in [-0.2, -0.15) is 0 Å². The molecule has 12 nitrogen and oxygen atoms in total. The summed E-state index contributed by atoms with van der Waals surface area (Å²) in [5, 5.41) is 28.7. The molecule has 3 unspecified atom stereocenters. The molecule has 266 valence electrons. The Kier molecular flexibility index (Phi) is 19.9. The van der Waals surface area contributed by atoms with E-state index >= 15 is 0 Å². The van der Waals surface area contributed by atoms with Crippen LogP contribution < -0.4 is 5.73 Å². The third kappa shape index (κ3) is 18.9. The first-order valence-corrected chi connectivity index (χ1v) is 16.8. The van der Waals surface area contributed by atoms with E-state index in [1.54, 1.807) is 11.3 Å². The topological polar surface area (TPSA) is 164 Å². The van der Waals surface area contributed by atoms with Crippen molar-refractivity contribution in [3.8, 4) is 0 Å². The second-order valence-corrected chi connectivity index (χ2v) is 14.4. The summed E-state index contributed by atoms with van der Waals surface area (Å²) in [6, 6.07) is 0. The third-order valence-corrected chi connectivity index (χ3v) is 8.63. The standard InChI is InChI=1S/C32H62N2O10S/c1-25-28(45-24-34-25)9-13-38-19-26(36)22-41-17-18-42-30(4,5)11-15-43-32(8,33)29(2,3)23-44-31(6,7)10-14-39-20-27(37)21-40-16-12-35/h24,26-27,35-37H,9-23,33H2,1-8H3. The highest BCUT2D eigenvalue weighted by atomic mass is 32.1. The number of hydrogen-bond donors (Lipinski definition) is 4. The van der Waals surface area contributed by atoms with Crippen LogP contribution in [0.25, 0.3) is 0 Å². The number of rotatable bonds is 28. The number of ether oxygens (including phenoxy) is 7. The molecule has 1 heterocycles. The van der Waals surface area contributed by atoms with E-state index in [9.17, 15) is 10.2 Å². The van der Waals surface area contributed by atoms with Crippen LogP contribution in [0, 0.1) is 12.3 Å². The lowest BCUT2D eigenvalue weighted by atomic mass is 9.83. The summed E-state index contributed by atoms with van der Waals surface area (Å²) in [5.74, 6) is 0. The van der Waals surface area contributed by atoms with Gasteiger partial charge in [-0.3, -0.25) is 0 Å². The largest absolute Gasteiger partial charge is 0.394 e. The lowest BCUT2D eigenvalue weighted by molar-refractivity contribution is -0.165. The van der Waals surface area contributed by atoms with Crippen LogP contribution in [-0.4, -0.2) is 129 Å². The zero-order chi connectivity index (χ0) is 34.0. The number of nitrogens with zero attached hydrogens (tertiary/aromatic N) is 1. The number of nitrogens with two attached hydrogens (primary N) is 1. The first kappa shape index (κ1) is 42.2. The highest BCUT2D eigenvalue weighted by molar-refractivity contribution is 7.09. The SMILES string of the molecule is Cc1ncsc1CCOCC(O)COCCOC(C)(C)CCOC(C)(N)C(C)(C)COC(C)(C)CCOCC(O)COCCO. The van der Waals surface area contributed by atoms with Crippen molar-refractivity contribution in [1.29, 1.82) is 0 Å². The molecule has 1 rings (SSSR count). The predicted molar refractivity (Wildman–Crippen MR) is 175 cm³/mol. The highest BCUT2D eigenvalue weighted by Crippen LogP contribution is 2.33. The van der Waals surface area contributed by atoms with E-state index in [1.807, 2.05) is 60.9 Å². The van der Waals surface area contributed by atoms with Gasteiger partial charge in [-0.1, -0.05) is 13.8 Å². The second-order valence-electron chi connectivity index (χ2n) is 13.4. The summed E-state index contributed by atoms with van der Waals surface area (Å²) in [4.78, 5) is 5.43. The van der Waals surface area contributed by atoms with Crippen molar-refractivity contribution < 1.29 is 48.5 Å². The van der Waals surface area contributed by atoms with Gasteiger partial charge in [0, 0.05) is 23.3 Å². The molecule has 0 aliphatic rings. The van der Waals surface area contributed by atoms with Crippen molar-refractivity contribution >= 4 is 11.3 Å². The molecule has 5 N–H and O–H groups in total. The number of hydrogen-bond acceptors (Lipinski definition) is 13. The van der Waals surface area contributed by atoms with Crippen molar-refractivity contribution in [3.05, 3.63) is 16.1 Å². The van der Waals surface area contributed by atoms with Gasteiger partial charge < -0.3 is 54.2 Å². The van der Waals surface area contributed by atoms with Crippen LogP contribution in [0.4, 0.5) is 0 Å². The maximum atomic E-state index is 10.1. The van der Waals surface area contributed by atoms with Crippen molar-refractivity contribution in [2.75, 3.05) is 79.3 Å².